The quantitative estimate of drug-likeness (QED) is 0.408. The molecule has 8 heteroatoms. The summed E-state index contributed by atoms with van der Waals surface area (Å²) in [5, 5.41) is 2.13. The lowest BCUT2D eigenvalue weighted by Crippen LogP contribution is -2.54. The Bertz CT molecular complexity index is 1650. The number of nitrogens with zero attached hydrogens (tertiary/aromatic N) is 3. The molecule has 0 radical (unpaired) electrons. The van der Waals surface area contributed by atoms with Gasteiger partial charge in [0.05, 0.1) is 16.2 Å². The summed E-state index contributed by atoms with van der Waals surface area (Å²) in [6.45, 7) is 1.63. The van der Waals surface area contributed by atoms with E-state index in [4.69, 9.17) is 0 Å². The Morgan fingerprint density at radius 3 is 2.20 bits per heavy atom. The van der Waals surface area contributed by atoms with E-state index in [-0.39, 0.29) is 4.90 Å². The number of fused-ring (bicyclic) bond motifs is 4. The van der Waals surface area contributed by atoms with Crippen molar-refractivity contribution in [3.63, 3.8) is 0 Å². The molecule has 7 nitrogen and oxygen atoms in total. The molecule has 1 atom stereocenters. The number of carbonyl (C=O) groups excluding carboxylic acids is 2. The summed E-state index contributed by atoms with van der Waals surface area (Å²) in [5.74, 6) is -1.41. The highest BCUT2D eigenvalue weighted by molar-refractivity contribution is 7.91. The average molecular weight is 490 g/mol. The van der Waals surface area contributed by atoms with Crippen molar-refractivity contribution in [2.24, 2.45) is 7.05 Å². The lowest BCUT2D eigenvalue weighted by atomic mass is 9.81. The van der Waals surface area contributed by atoms with E-state index in [1.165, 1.54) is 7.05 Å². The fraction of sp³-hybridized carbons (Fsp3) is 0.259. The molecular weight excluding hydrogens is 462 g/mol. The van der Waals surface area contributed by atoms with Crippen molar-refractivity contribution in [1.29, 1.82) is 0 Å². The molecule has 1 aromatic heterocycles. The van der Waals surface area contributed by atoms with E-state index in [1.807, 2.05) is 61.5 Å². The number of carbonyl (C=O) groups is 2. The minimum Gasteiger partial charge on any atom is -0.377 e. The smallest absolute Gasteiger partial charge is 0.262 e. The van der Waals surface area contributed by atoms with Crippen molar-refractivity contribution in [1.82, 2.24) is 9.47 Å². The number of amides is 2. The van der Waals surface area contributed by atoms with Gasteiger partial charge in [-0.25, -0.2) is 8.42 Å². The normalized spacial score (nSPS) is 18.4. The summed E-state index contributed by atoms with van der Waals surface area (Å²) >= 11 is 0. The molecule has 1 unspecified atom stereocenters. The standard InChI is InChI=1S/C27H27N3O4S/c1-27(16-35(33,34)22-15-9-11-17-18(22)12-8-14-20(17)28(2)3)24-23(25(31)30(5)26(27)32)19-10-6-7-13-21(19)29(24)4/h6-15H,16H2,1-5H3. The van der Waals surface area contributed by atoms with Crippen LogP contribution in [0.15, 0.2) is 65.6 Å². The summed E-state index contributed by atoms with van der Waals surface area (Å²) in [6.07, 6.45) is 0. The molecule has 35 heavy (non-hydrogen) atoms. The Labute approximate surface area is 204 Å². The van der Waals surface area contributed by atoms with Crippen LogP contribution < -0.4 is 4.90 Å². The highest BCUT2D eigenvalue weighted by atomic mass is 32.2. The van der Waals surface area contributed by atoms with Gasteiger partial charge in [0.15, 0.2) is 9.84 Å². The molecule has 0 saturated carbocycles. The molecule has 5 rings (SSSR count). The van der Waals surface area contributed by atoms with Crippen LogP contribution in [0, 0.1) is 0 Å². The van der Waals surface area contributed by atoms with E-state index >= 15 is 0 Å². The van der Waals surface area contributed by atoms with Crippen LogP contribution >= 0.6 is 0 Å². The highest BCUT2D eigenvalue weighted by Gasteiger charge is 2.52. The maximum atomic E-state index is 14.0. The number of imide groups is 1. The first-order chi connectivity index (χ1) is 16.5. The van der Waals surface area contributed by atoms with Crippen molar-refractivity contribution in [2.45, 2.75) is 17.2 Å². The molecule has 3 aromatic carbocycles. The lowest BCUT2D eigenvalue weighted by Gasteiger charge is -2.37. The monoisotopic (exact) mass is 489 g/mol. The van der Waals surface area contributed by atoms with Gasteiger partial charge in [0.2, 0.25) is 5.91 Å². The highest BCUT2D eigenvalue weighted by Crippen LogP contribution is 2.42. The van der Waals surface area contributed by atoms with E-state index in [0.29, 0.717) is 22.0 Å². The number of aryl methyl sites for hydroxylation is 1. The molecule has 180 valence electrons. The maximum absolute atomic E-state index is 14.0. The predicted octanol–water partition coefficient (Wildman–Crippen LogP) is 3.74. The number of hydrogen-bond donors (Lipinski definition) is 0. The van der Waals surface area contributed by atoms with E-state index in [1.54, 1.807) is 36.7 Å². The van der Waals surface area contributed by atoms with E-state index < -0.39 is 32.8 Å². The fourth-order valence-corrected chi connectivity index (χ4v) is 7.48. The van der Waals surface area contributed by atoms with Gasteiger partial charge in [-0.2, -0.15) is 0 Å². The van der Waals surface area contributed by atoms with Crippen LogP contribution in [0.2, 0.25) is 0 Å². The van der Waals surface area contributed by atoms with Crippen LogP contribution in [0.5, 0.6) is 0 Å². The molecule has 0 N–H and O–H groups in total. The molecule has 2 heterocycles. The third-order valence-electron chi connectivity index (χ3n) is 7.08. The summed E-state index contributed by atoms with van der Waals surface area (Å²) in [6, 6.07) is 18.2. The molecule has 0 spiro atoms. The van der Waals surface area contributed by atoms with Crippen molar-refractivity contribution in [2.75, 3.05) is 31.8 Å². The molecule has 0 aliphatic carbocycles. The van der Waals surface area contributed by atoms with Crippen molar-refractivity contribution >= 4 is 49.0 Å². The zero-order valence-electron chi connectivity index (χ0n) is 20.4. The Morgan fingerprint density at radius 1 is 0.857 bits per heavy atom. The van der Waals surface area contributed by atoms with Crippen molar-refractivity contribution in [3.8, 4) is 0 Å². The van der Waals surface area contributed by atoms with Gasteiger partial charge in [0, 0.05) is 61.2 Å². The molecule has 1 aliphatic rings. The van der Waals surface area contributed by atoms with Gasteiger partial charge >= 0.3 is 0 Å². The number of anilines is 1. The predicted molar refractivity (Wildman–Crippen MR) is 138 cm³/mol. The van der Waals surface area contributed by atoms with Gasteiger partial charge in [0.1, 0.15) is 5.41 Å². The molecule has 0 bridgehead atoms. The second-order valence-electron chi connectivity index (χ2n) is 9.58. The largest absolute Gasteiger partial charge is 0.377 e. The van der Waals surface area contributed by atoms with Crippen molar-refractivity contribution < 1.29 is 18.0 Å². The van der Waals surface area contributed by atoms with Gasteiger partial charge in [-0.1, -0.05) is 42.5 Å². The van der Waals surface area contributed by atoms with Crippen LogP contribution in [-0.4, -0.2) is 56.6 Å². The van der Waals surface area contributed by atoms with Gasteiger partial charge in [-0.15, -0.1) is 0 Å². The van der Waals surface area contributed by atoms with Gasteiger partial charge in [-0.3, -0.25) is 14.5 Å². The third-order valence-corrected chi connectivity index (χ3v) is 9.06. The number of benzene rings is 3. The summed E-state index contributed by atoms with van der Waals surface area (Å²) < 4.78 is 29.8. The van der Waals surface area contributed by atoms with E-state index in [9.17, 15) is 18.0 Å². The topological polar surface area (TPSA) is 79.7 Å². The first kappa shape index (κ1) is 23.1. The van der Waals surface area contributed by atoms with E-state index in [0.717, 1.165) is 21.5 Å². The first-order valence-corrected chi connectivity index (χ1v) is 13.0. The zero-order valence-corrected chi connectivity index (χ0v) is 21.2. The number of aromatic nitrogens is 1. The van der Waals surface area contributed by atoms with Crippen molar-refractivity contribution in [3.05, 3.63) is 71.9 Å². The molecular formula is C27H27N3O4S. The molecule has 1 aliphatic heterocycles. The summed E-state index contributed by atoms with van der Waals surface area (Å²) in [7, 11) is 3.06. The van der Waals surface area contributed by atoms with Gasteiger partial charge < -0.3 is 9.47 Å². The third kappa shape index (κ3) is 3.20. The number of hydrogen-bond acceptors (Lipinski definition) is 5. The fourth-order valence-electron chi connectivity index (χ4n) is 5.50. The first-order valence-electron chi connectivity index (χ1n) is 11.3. The molecule has 0 fully saturated rings. The Morgan fingerprint density at radius 2 is 1.49 bits per heavy atom. The van der Waals surface area contributed by atoms with Crippen LogP contribution in [0.4, 0.5) is 5.69 Å². The molecule has 2 amide bonds. The van der Waals surface area contributed by atoms with Crippen LogP contribution in [0.3, 0.4) is 0 Å². The van der Waals surface area contributed by atoms with E-state index in [2.05, 4.69) is 0 Å². The number of para-hydroxylation sites is 1. The van der Waals surface area contributed by atoms with Crippen LogP contribution in [0.1, 0.15) is 23.0 Å². The Hall–Kier alpha value is -3.65. The summed E-state index contributed by atoms with van der Waals surface area (Å²) in [5.41, 5.74) is 1.05. The minimum absolute atomic E-state index is 0.174. The number of rotatable bonds is 4. The minimum atomic E-state index is -3.95. The number of sulfone groups is 1. The SMILES string of the molecule is CN1C(=O)c2c(n(C)c3ccccc23)C(C)(CS(=O)(=O)c2cccc3c(N(C)C)cccc23)C1=O. The number of likely N-dealkylation sites (N-methyl/N-ethyl adjacent to an activating group) is 1. The Balaban J connectivity index is 1.74. The maximum Gasteiger partial charge on any atom is 0.262 e. The van der Waals surface area contributed by atoms with Crippen LogP contribution in [-0.2, 0) is 27.1 Å². The lowest BCUT2D eigenvalue weighted by molar-refractivity contribution is -0.133. The molecule has 0 saturated heterocycles. The average Bonchev–Trinajstić information content (AvgIpc) is 3.14. The second-order valence-corrected chi connectivity index (χ2v) is 11.5. The molecule has 4 aromatic rings. The second kappa shape index (κ2) is 7.68. The van der Waals surface area contributed by atoms with Crippen LogP contribution in [0.25, 0.3) is 21.7 Å². The Kier molecular flexibility index (Phi) is 5.07. The zero-order chi connectivity index (χ0) is 25.3. The van der Waals surface area contributed by atoms with Gasteiger partial charge in [0.25, 0.3) is 5.91 Å². The summed E-state index contributed by atoms with van der Waals surface area (Å²) in [4.78, 5) is 29.9. The van der Waals surface area contributed by atoms with Gasteiger partial charge in [-0.05, 0) is 25.1 Å².